The third kappa shape index (κ3) is 5.16. The molecular formula is C30H33N5O2S2. The molecule has 2 atom stereocenters. The lowest BCUT2D eigenvalue weighted by Gasteiger charge is -2.28. The topological polar surface area (TPSA) is 79.3 Å². The van der Waals surface area contributed by atoms with Crippen LogP contribution in [0, 0.1) is 34.6 Å². The minimum atomic E-state index is -3.38. The Balaban J connectivity index is 1.66. The second-order valence-electron chi connectivity index (χ2n) is 10.3. The normalized spacial score (nSPS) is 17.4. The first-order valence-electron chi connectivity index (χ1n) is 12.8. The molecule has 1 aliphatic heterocycles. The summed E-state index contributed by atoms with van der Waals surface area (Å²) in [5.74, 6) is 0. The van der Waals surface area contributed by atoms with Gasteiger partial charge in [0.2, 0.25) is 10.0 Å². The molecule has 2 aromatic heterocycles. The fourth-order valence-electron chi connectivity index (χ4n) is 5.81. The minimum Gasteiger partial charge on any atom is -0.351 e. The highest BCUT2D eigenvalue weighted by molar-refractivity contribution is 7.92. The molecule has 1 saturated heterocycles. The van der Waals surface area contributed by atoms with Gasteiger partial charge in [-0.2, -0.15) is 0 Å². The van der Waals surface area contributed by atoms with Gasteiger partial charge in [-0.25, -0.2) is 8.42 Å². The van der Waals surface area contributed by atoms with Crippen molar-refractivity contribution in [2.45, 2.75) is 46.7 Å². The maximum atomic E-state index is 11.7. The van der Waals surface area contributed by atoms with Crippen molar-refractivity contribution in [2.75, 3.05) is 15.9 Å². The molecule has 0 bridgehead atoms. The van der Waals surface area contributed by atoms with Gasteiger partial charge in [0.25, 0.3) is 0 Å². The van der Waals surface area contributed by atoms with E-state index in [2.05, 4.69) is 77.3 Å². The van der Waals surface area contributed by atoms with Gasteiger partial charge in [-0.15, -0.1) is 0 Å². The smallest absolute Gasteiger partial charge is 0.229 e. The van der Waals surface area contributed by atoms with Gasteiger partial charge in [0, 0.05) is 29.0 Å². The van der Waals surface area contributed by atoms with Crippen molar-refractivity contribution in [2.24, 2.45) is 0 Å². The molecular weight excluding hydrogens is 526 g/mol. The van der Waals surface area contributed by atoms with E-state index in [0.717, 1.165) is 34.6 Å². The second kappa shape index (κ2) is 10.1. The van der Waals surface area contributed by atoms with Crippen LogP contribution in [0.15, 0.2) is 66.9 Å². The van der Waals surface area contributed by atoms with Gasteiger partial charge in [0.15, 0.2) is 5.11 Å². The van der Waals surface area contributed by atoms with E-state index < -0.39 is 10.0 Å². The minimum absolute atomic E-state index is 0.174. The summed E-state index contributed by atoms with van der Waals surface area (Å²) in [6.07, 6.45) is 2.94. The number of anilines is 2. The maximum Gasteiger partial charge on any atom is 0.229 e. The first-order chi connectivity index (χ1) is 18.4. The molecule has 4 aromatic rings. The highest BCUT2D eigenvalue weighted by Crippen LogP contribution is 2.44. The lowest BCUT2D eigenvalue weighted by molar-refractivity contribution is 0.565. The molecule has 1 fully saturated rings. The Bertz CT molecular complexity index is 1640. The molecule has 9 heteroatoms. The molecule has 0 radical (unpaired) electrons. The molecule has 0 saturated carbocycles. The van der Waals surface area contributed by atoms with E-state index in [-0.39, 0.29) is 12.1 Å². The zero-order chi connectivity index (χ0) is 28.1. The van der Waals surface area contributed by atoms with Crippen molar-refractivity contribution in [1.29, 1.82) is 0 Å². The van der Waals surface area contributed by atoms with Crippen molar-refractivity contribution < 1.29 is 8.42 Å². The lowest BCUT2D eigenvalue weighted by Crippen LogP contribution is -2.29. The molecule has 0 spiro atoms. The molecule has 1 aliphatic rings. The molecule has 2 N–H and O–H groups in total. The number of pyridine rings is 1. The molecule has 0 aliphatic carbocycles. The molecule has 0 unspecified atom stereocenters. The van der Waals surface area contributed by atoms with Gasteiger partial charge < -0.3 is 14.8 Å². The average Bonchev–Trinajstić information content (AvgIpc) is 3.34. The zero-order valence-electron chi connectivity index (χ0n) is 23.0. The third-order valence-corrected chi connectivity index (χ3v) is 8.12. The van der Waals surface area contributed by atoms with E-state index >= 15 is 0 Å². The summed E-state index contributed by atoms with van der Waals surface area (Å²) in [6.45, 7) is 10.8. The van der Waals surface area contributed by atoms with E-state index in [0.29, 0.717) is 10.8 Å². The monoisotopic (exact) mass is 559 g/mol. The fourth-order valence-corrected chi connectivity index (χ4v) is 6.72. The second-order valence-corrected chi connectivity index (χ2v) is 12.5. The molecule has 0 amide bonds. The van der Waals surface area contributed by atoms with E-state index in [9.17, 15) is 8.42 Å². The standard InChI is InChI=1S/C30H33N5O2S2/c1-18-15-19(2)28(20(3)16-18)34-21(4)17-25(22(34)5)29-27(26-9-7-8-14-31-26)32-30(38)35(29)24-12-10-23(11-13-24)33-39(6,36)37/h7-17,27,29,33H,1-6H3,(H,32,38)/t27-,29-/m1/s1. The van der Waals surface area contributed by atoms with Gasteiger partial charge in [-0.1, -0.05) is 23.8 Å². The van der Waals surface area contributed by atoms with Gasteiger partial charge in [-0.05, 0) is 106 Å². The summed E-state index contributed by atoms with van der Waals surface area (Å²) in [6, 6.07) is 19.6. The van der Waals surface area contributed by atoms with Gasteiger partial charge >= 0.3 is 0 Å². The van der Waals surface area contributed by atoms with E-state index in [1.54, 1.807) is 18.3 Å². The Morgan fingerprint density at radius 1 is 0.949 bits per heavy atom. The van der Waals surface area contributed by atoms with E-state index in [4.69, 9.17) is 12.2 Å². The van der Waals surface area contributed by atoms with Crippen LogP contribution in [0.25, 0.3) is 5.69 Å². The Morgan fingerprint density at radius 2 is 1.62 bits per heavy atom. The van der Waals surface area contributed by atoms with Crippen molar-refractivity contribution in [3.05, 3.63) is 106 Å². The van der Waals surface area contributed by atoms with Crippen molar-refractivity contribution in [3.8, 4) is 5.69 Å². The maximum absolute atomic E-state index is 11.7. The van der Waals surface area contributed by atoms with Crippen molar-refractivity contribution in [1.82, 2.24) is 14.9 Å². The summed E-state index contributed by atoms with van der Waals surface area (Å²) in [4.78, 5) is 6.79. The van der Waals surface area contributed by atoms with E-state index in [1.165, 1.54) is 22.4 Å². The van der Waals surface area contributed by atoms with Crippen LogP contribution in [0.2, 0.25) is 0 Å². The molecule has 3 heterocycles. The predicted molar refractivity (Wildman–Crippen MR) is 162 cm³/mol. The number of aromatic nitrogens is 2. The number of rotatable bonds is 6. The number of benzene rings is 2. The van der Waals surface area contributed by atoms with Crippen LogP contribution in [-0.4, -0.2) is 29.3 Å². The summed E-state index contributed by atoms with van der Waals surface area (Å²) in [5.41, 5.74) is 10.6. The summed E-state index contributed by atoms with van der Waals surface area (Å²) >= 11 is 5.90. The van der Waals surface area contributed by atoms with Crippen LogP contribution in [0.4, 0.5) is 11.4 Å². The predicted octanol–water partition coefficient (Wildman–Crippen LogP) is 5.96. The third-order valence-electron chi connectivity index (χ3n) is 7.19. The summed E-state index contributed by atoms with van der Waals surface area (Å²) in [5, 5.41) is 4.11. The van der Waals surface area contributed by atoms with Gasteiger partial charge in [0.1, 0.15) is 0 Å². The number of nitrogens with zero attached hydrogens (tertiary/aromatic N) is 3. The first-order valence-corrected chi connectivity index (χ1v) is 15.1. The Labute approximate surface area is 235 Å². The number of nitrogens with one attached hydrogen (secondary N) is 2. The van der Waals surface area contributed by atoms with Crippen LogP contribution in [0.1, 0.15) is 51.4 Å². The van der Waals surface area contributed by atoms with Crippen LogP contribution in [0.5, 0.6) is 0 Å². The Kier molecular flexibility index (Phi) is 6.99. The number of hydrogen-bond acceptors (Lipinski definition) is 4. The van der Waals surface area contributed by atoms with Crippen LogP contribution >= 0.6 is 12.2 Å². The quantitative estimate of drug-likeness (QED) is 0.284. The molecule has 202 valence electrons. The van der Waals surface area contributed by atoms with E-state index in [1.807, 2.05) is 30.3 Å². The highest BCUT2D eigenvalue weighted by Gasteiger charge is 2.42. The summed E-state index contributed by atoms with van der Waals surface area (Å²) < 4.78 is 28.3. The number of sulfonamides is 1. The Morgan fingerprint density at radius 3 is 2.21 bits per heavy atom. The van der Waals surface area contributed by atoms with Crippen LogP contribution in [-0.2, 0) is 10.0 Å². The number of hydrogen-bond donors (Lipinski definition) is 2. The van der Waals surface area contributed by atoms with Crippen LogP contribution in [0.3, 0.4) is 0 Å². The van der Waals surface area contributed by atoms with Gasteiger partial charge in [-0.3, -0.25) is 9.71 Å². The SMILES string of the molecule is Cc1cc(C)c(-n2c(C)cc([C@@H]3[C@@H](c4ccccn4)NC(=S)N3c3ccc(NS(C)(=O)=O)cc3)c2C)c(C)c1. The zero-order valence-corrected chi connectivity index (χ0v) is 24.6. The molecule has 7 nitrogen and oxygen atoms in total. The molecule has 2 aromatic carbocycles. The lowest BCUT2D eigenvalue weighted by atomic mass is 9.96. The van der Waals surface area contributed by atoms with Crippen molar-refractivity contribution in [3.63, 3.8) is 0 Å². The molecule has 5 rings (SSSR count). The summed E-state index contributed by atoms with van der Waals surface area (Å²) in [7, 11) is -3.38. The molecule has 39 heavy (non-hydrogen) atoms. The van der Waals surface area contributed by atoms with Gasteiger partial charge in [0.05, 0.1) is 29.7 Å². The largest absolute Gasteiger partial charge is 0.351 e. The number of aryl methyl sites for hydroxylation is 4. The first kappa shape index (κ1) is 26.9. The van der Waals surface area contributed by atoms with Crippen LogP contribution < -0.4 is 14.9 Å². The number of thiocarbonyl (C=S) groups is 1. The Hall–Kier alpha value is -3.69. The van der Waals surface area contributed by atoms with Crippen molar-refractivity contribution >= 4 is 38.7 Å². The average molecular weight is 560 g/mol. The fraction of sp³-hybridized carbons (Fsp3) is 0.267. The highest BCUT2D eigenvalue weighted by atomic mass is 32.2.